The Hall–Kier alpha value is -4.96. The second-order valence-electron chi connectivity index (χ2n) is 11.9. The van der Waals surface area contributed by atoms with Crippen LogP contribution in [0.15, 0.2) is 72.8 Å². The zero-order valence-corrected chi connectivity index (χ0v) is 26.3. The fraction of sp³-hybridized carbons (Fsp3) is 0.286. The highest BCUT2D eigenvalue weighted by molar-refractivity contribution is 6.04. The maximum Gasteiger partial charge on any atom is 0.269 e. The highest BCUT2D eigenvalue weighted by Crippen LogP contribution is 2.38. The number of nitro benzene ring substituents is 1. The second-order valence-corrected chi connectivity index (χ2v) is 11.9. The largest absolute Gasteiger partial charge is 0.392 e. The number of nitrogens with one attached hydrogen (secondary N) is 1. The maximum absolute atomic E-state index is 14.2. The molecular formula is C35H31F5N4O6. The summed E-state index contributed by atoms with van der Waals surface area (Å²) in [6.45, 7) is 3.31. The predicted molar refractivity (Wildman–Crippen MR) is 171 cm³/mol. The minimum absolute atomic E-state index is 0.0251. The number of hydrogen-bond donors (Lipinski definition) is 2. The Kier molecular flexibility index (Phi) is 10.4. The summed E-state index contributed by atoms with van der Waals surface area (Å²) in [6.07, 6.45) is -1.01. The van der Waals surface area contributed by atoms with Crippen LogP contribution in [-0.2, 0) is 16.1 Å². The molecule has 6 rings (SSSR count). The Morgan fingerprint density at radius 1 is 0.800 bits per heavy atom. The molecule has 0 saturated carbocycles. The highest BCUT2D eigenvalue weighted by atomic mass is 19.2. The molecule has 2 aliphatic rings. The molecule has 2 saturated heterocycles. The lowest BCUT2D eigenvalue weighted by Crippen LogP contribution is -2.49. The van der Waals surface area contributed by atoms with Crippen molar-refractivity contribution in [1.82, 2.24) is 4.90 Å². The van der Waals surface area contributed by atoms with Crippen molar-refractivity contribution in [2.24, 2.45) is 0 Å². The molecule has 0 radical (unpaired) electrons. The average Bonchev–Trinajstić information content (AvgIpc) is 3.14. The average molecular weight is 699 g/mol. The monoisotopic (exact) mass is 698 g/mol. The number of nitro groups is 1. The van der Waals surface area contributed by atoms with Crippen molar-refractivity contribution in [1.29, 1.82) is 0 Å². The molecule has 15 heteroatoms. The smallest absolute Gasteiger partial charge is 0.269 e. The topological polar surface area (TPSA) is 117 Å². The molecule has 1 amide bonds. The molecule has 2 heterocycles. The molecule has 0 unspecified atom stereocenters. The molecule has 0 aliphatic carbocycles. The number of halogens is 5. The van der Waals surface area contributed by atoms with Crippen molar-refractivity contribution in [3.8, 4) is 0 Å². The van der Waals surface area contributed by atoms with Crippen LogP contribution in [0.4, 0.5) is 39.0 Å². The fourth-order valence-corrected chi connectivity index (χ4v) is 6.02. The van der Waals surface area contributed by atoms with Crippen LogP contribution in [0.5, 0.6) is 0 Å². The normalized spacial score (nSPS) is 19.7. The number of rotatable bonds is 9. The number of non-ortho nitro benzene ring substituents is 1. The first kappa shape index (κ1) is 34.9. The van der Waals surface area contributed by atoms with Crippen molar-refractivity contribution in [3.05, 3.63) is 134 Å². The van der Waals surface area contributed by atoms with Crippen LogP contribution in [0.3, 0.4) is 0 Å². The molecule has 262 valence electrons. The van der Waals surface area contributed by atoms with Gasteiger partial charge in [0.05, 0.1) is 23.7 Å². The third-order valence-corrected chi connectivity index (χ3v) is 8.75. The van der Waals surface area contributed by atoms with Crippen molar-refractivity contribution >= 4 is 23.0 Å². The first-order valence-electron chi connectivity index (χ1n) is 15.7. The summed E-state index contributed by atoms with van der Waals surface area (Å²) in [7, 11) is 0. The van der Waals surface area contributed by atoms with Gasteiger partial charge in [0.25, 0.3) is 11.6 Å². The Bertz CT molecular complexity index is 1830. The highest BCUT2D eigenvalue weighted by Gasteiger charge is 2.34. The number of carbonyl (C=O) groups excluding carboxylic acids is 1. The molecular weight excluding hydrogens is 667 g/mol. The summed E-state index contributed by atoms with van der Waals surface area (Å²) in [5, 5.41) is 22.7. The van der Waals surface area contributed by atoms with Gasteiger partial charge in [0, 0.05) is 68.2 Å². The number of anilines is 2. The number of benzene rings is 4. The molecule has 50 heavy (non-hydrogen) atoms. The van der Waals surface area contributed by atoms with Crippen LogP contribution in [-0.4, -0.2) is 59.7 Å². The van der Waals surface area contributed by atoms with Gasteiger partial charge in [0.15, 0.2) is 29.6 Å². The van der Waals surface area contributed by atoms with Gasteiger partial charge in [0.1, 0.15) is 5.56 Å². The summed E-state index contributed by atoms with van der Waals surface area (Å²) in [6, 6.07) is 19.7. The van der Waals surface area contributed by atoms with Gasteiger partial charge in [0.2, 0.25) is 5.82 Å². The Morgan fingerprint density at radius 3 is 1.96 bits per heavy atom. The maximum atomic E-state index is 14.2. The number of amides is 1. The SMILES string of the molecule is O=C(Nc1ccc([C@@H]2O[C@H](CN3CCN(c4ccc([N+](=O)[O-])cc4)CC3)C[C@H](c3ccc(CO)cc3)O2)cc1)c1c(F)c(F)c(F)c(F)c1F. The van der Waals surface area contributed by atoms with Crippen molar-refractivity contribution < 1.29 is 46.3 Å². The number of aliphatic hydroxyl groups excluding tert-OH is 1. The summed E-state index contributed by atoms with van der Waals surface area (Å²) < 4.78 is 81.8. The van der Waals surface area contributed by atoms with E-state index in [4.69, 9.17) is 9.47 Å². The third-order valence-electron chi connectivity index (χ3n) is 8.75. The minimum Gasteiger partial charge on any atom is -0.392 e. The van der Waals surface area contributed by atoms with Gasteiger partial charge in [-0.25, -0.2) is 22.0 Å². The van der Waals surface area contributed by atoms with Crippen molar-refractivity contribution in [3.63, 3.8) is 0 Å². The number of aliphatic hydroxyl groups is 1. The molecule has 3 atom stereocenters. The molecule has 4 aromatic carbocycles. The van der Waals surface area contributed by atoms with E-state index in [1.165, 1.54) is 24.3 Å². The quantitative estimate of drug-likeness (QED) is 0.0678. The minimum atomic E-state index is -2.36. The number of ether oxygens (including phenoxy) is 2. The van der Waals surface area contributed by atoms with Gasteiger partial charge < -0.3 is 24.8 Å². The molecule has 0 bridgehead atoms. The van der Waals surface area contributed by atoms with Crippen LogP contribution < -0.4 is 10.2 Å². The van der Waals surface area contributed by atoms with E-state index in [0.717, 1.165) is 29.9 Å². The lowest BCUT2D eigenvalue weighted by molar-refractivity contribution is -0.384. The molecule has 0 spiro atoms. The zero-order valence-electron chi connectivity index (χ0n) is 26.3. The molecule has 2 fully saturated rings. The standard InChI is InChI=1S/C35H31F5N4O6/c36-29-28(30(37)32(39)33(40)31(29)38)34(46)41-23-7-5-22(6-8-23)35-49-26(17-27(50-35)21-3-1-20(19-45)2-4-21)18-42-13-15-43(16-14-42)24-9-11-25(12-10-24)44(47)48/h1-12,26-27,35,45H,13-19H2,(H,41,46)/t26-,27+,35+/m0/s1. The lowest BCUT2D eigenvalue weighted by atomic mass is 9.99. The van der Waals surface area contributed by atoms with E-state index in [9.17, 15) is 42.0 Å². The molecule has 0 aromatic heterocycles. The van der Waals surface area contributed by atoms with E-state index in [1.807, 2.05) is 12.1 Å². The fourth-order valence-electron chi connectivity index (χ4n) is 6.02. The molecule has 2 N–H and O–H groups in total. The number of hydrogen-bond acceptors (Lipinski definition) is 8. The third kappa shape index (κ3) is 7.45. The predicted octanol–water partition coefficient (Wildman–Crippen LogP) is 6.40. The summed E-state index contributed by atoms with van der Waals surface area (Å²) in [4.78, 5) is 27.5. The summed E-state index contributed by atoms with van der Waals surface area (Å²) in [5.41, 5.74) is 1.51. The van der Waals surface area contributed by atoms with E-state index in [-0.39, 0.29) is 30.2 Å². The van der Waals surface area contributed by atoms with Gasteiger partial charge in [-0.3, -0.25) is 19.8 Å². The van der Waals surface area contributed by atoms with Gasteiger partial charge in [-0.2, -0.15) is 0 Å². The van der Waals surface area contributed by atoms with Gasteiger partial charge >= 0.3 is 0 Å². The first-order chi connectivity index (χ1) is 24.0. The van der Waals surface area contributed by atoms with Crippen LogP contribution in [0.2, 0.25) is 0 Å². The molecule has 4 aromatic rings. The van der Waals surface area contributed by atoms with E-state index in [2.05, 4.69) is 15.1 Å². The summed E-state index contributed by atoms with van der Waals surface area (Å²) >= 11 is 0. The van der Waals surface area contributed by atoms with Gasteiger partial charge in [-0.15, -0.1) is 0 Å². The van der Waals surface area contributed by atoms with Crippen LogP contribution in [0.1, 0.15) is 45.9 Å². The van der Waals surface area contributed by atoms with Crippen LogP contribution >= 0.6 is 0 Å². The Labute approximate surface area is 282 Å². The van der Waals surface area contributed by atoms with E-state index in [0.29, 0.717) is 31.6 Å². The van der Waals surface area contributed by atoms with E-state index in [1.54, 1.807) is 36.4 Å². The second kappa shape index (κ2) is 14.9. The molecule has 10 nitrogen and oxygen atoms in total. The van der Waals surface area contributed by atoms with Crippen molar-refractivity contribution in [2.45, 2.75) is 31.5 Å². The van der Waals surface area contributed by atoms with Gasteiger partial charge in [-0.1, -0.05) is 36.4 Å². The van der Waals surface area contributed by atoms with E-state index < -0.39 is 51.8 Å². The lowest BCUT2D eigenvalue weighted by Gasteiger charge is -2.41. The molecule has 2 aliphatic heterocycles. The Balaban J connectivity index is 1.15. The zero-order chi connectivity index (χ0) is 35.5. The van der Waals surface area contributed by atoms with Gasteiger partial charge in [-0.05, 0) is 35.4 Å². The number of nitrogens with zero attached hydrogens (tertiary/aromatic N) is 3. The van der Waals surface area contributed by atoms with Crippen LogP contribution in [0, 0.1) is 39.2 Å². The van der Waals surface area contributed by atoms with Crippen LogP contribution in [0.25, 0.3) is 0 Å². The Morgan fingerprint density at radius 2 is 1.38 bits per heavy atom. The van der Waals surface area contributed by atoms with Crippen molar-refractivity contribution in [2.75, 3.05) is 42.9 Å². The van der Waals surface area contributed by atoms with E-state index >= 15 is 0 Å². The number of carbonyl (C=O) groups is 1. The number of piperazine rings is 1. The summed E-state index contributed by atoms with van der Waals surface area (Å²) in [5.74, 6) is -12.8. The first-order valence-corrected chi connectivity index (χ1v) is 15.7.